The van der Waals surface area contributed by atoms with Crippen molar-refractivity contribution in [3.63, 3.8) is 0 Å². The quantitative estimate of drug-likeness (QED) is 0.526. The molecule has 160 valence electrons. The molecule has 0 amide bonds. The maximum Gasteiger partial charge on any atom is 0.177 e. The molecule has 3 heteroatoms. The number of benzene rings is 1. The number of hydrogen-bond acceptors (Lipinski definition) is 3. The molecule has 1 aromatic carbocycles. The largest absolute Gasteiger partial charge is 0.388 e. The van der Waals surface area contributed by atoms with Gasteiger partial charge in [-0.2, -0.15) is 0 Å². The molecular formula is C27H34O3. The maximum absolute atomic E-state index is 10.9. The van der Waals surface area contributed by atoms with Gasteiger partial charge in [0, 0.05) is 29.2 Å². The molecule has 2 atom stereocenters. The predicted octanol–water partition coefficient (Wildman–Crippen LogP) is 5.40. The zero-order valence-electron chi connectivity index (χ0n) is 18.1. The third kappa shape index (κ3) is 4.28. The molecule has 0 aromatic heterocycles. The summed E-state index contributed by atoms with van der Waals surface area (Å²) in [6.07, 6.45) is 16.1. The Morgan fingerprint density at radius 3 is 2.43 bits per heavy atom. The molecule has 1 spiro atoms. The van der Waals surface area contributed by atoms with Crippen LogP contribution in [0.15, 0.2) is 54.6 Å². The molecule has 1 saturated heterocycles. The Hall–Kier alpha value is -1.86. The highest BCUT2D eigenvalue weighted by Gasteiger charge is 2.52. The van der Waals surface area contributed by atoms with E-state index < -0.39 is 11.9 Å². The van der Waals surface area contributed by atoms with Crippen molar-refractivity contribution >= 4 is 0 Å². The number of aliphatic hydroxyl groups is 1. The van der Waals surface area contributed by atoms with Crippen molar-refractivity contribution in [2.45, 2.75) is 70.2 Å². The van der Waals surface area contributed by atoms with Gasteiger partial charge in [-0.05, 0) is 37.8 Å². The smallest absolute Gasteiger partial charge is 0.177 e. The average molecular weight is 407 g/mol. The lowest BCUT2D eigenvalue weighted by atomic mass is 9.63. The molecule has 3 fully saturated rings. The summed E-state index contributed by atoms with van der Waals surface area (Å²) in [6.45, 7) is 3.61. The summed E-state index contributed by atoms with van der Waals surface area (Å²) in [6, 6.07) is 10.1. The molecule has 1 aliphatic heterocycles. The van der Waals surface area contributed by atoms with Gasteiger partial charge in [0.2, 0.25) is 0 Å². The molecule has 1 unspecified atom stereocenters. The lowest BCUT2D eigenvalue weighted by molar-refractivity contribution is -0.235. The van der Waals surface area contributed by atoms with Gasteiger partial charge in [0.1, 0.15) is 0 Å². The van der Waals surface area contributed by atoms with E-state index in [1.165, 1.54) is 12.8 Å². The number of ether oxygens (including phenoxy) is 2. The van der Waals surface area contributed by atoms with Crippen molar-refractivity contribution in [3.8, 4) is 11.8 Å². The Labute approximate surface area is 181 Å². The first-order chi connectivity index (χ1) is 14.6. The van der Waals surface area contributed by atoms with E-state index in [2.05, 4.69) is 30.9 Å². The van der Waals surface area contributed by atoms with E-state index in [4.69, 9.17) is 9.47 Å². The van der Waals surface area contributed by atoms with Crippen LogP contribution in [0.3, 0.4) is 0 Å². The van der Waals surface area contributed by atoms with Crippen molar-refractivity contribution in [2.24, 2.45) is 10.8 Å². The van der Waals surface area contributed by atoms with Crippen LogP contribution in [0.25, 0.3) is 0 Å². The van der Waals surface area contributed by atoms with Gasteiger partial charge in [-0.15, -0.1) is 0 Å². The second kappa shape index (κ2) is 9.10. The summed E-state index contributed by atoms with van der Waals surface area (Å²) in [5, 5.41) is 10.9. The fourth-order valence-corrected chi connectivity index (χ4v) is 5.16. The zero-order chi connectivity index (χ0) is 20.9. The van der Waals surface area contributed by atoms with E-state index in [-0.39, 0.29) is 10.8 Å². The molecule has 2 saturated carbocycles. The Morgan fingerprint density at radius 2 is 1.73 bits per heavy atom. The molecule has 4 rings (SSSR count). The normalized spacial score (nSPS) is 28.3. The van der Waals surface area contributed by atoms with Crippen LogP contribution < -0.4 is 0 Å². The maximum atomic E-state index is 10.9. The molecule has 2 aliphatic carbocycles. The molecule has 1 heterocycles. The second-order valence-corrected chi connectivity index (χ2v) is 9.32. The van der Waals surface area contributed by atoms with E-state index in [0.717, 1.165) is 44.1 Å². The van der Waals surface area contributed by atoms with Gasteiger partial charge >= 0.3 is 0 Å². The SMILES string of the molecule is C[C@@]1(/C=C/C=C/C(O)C2(CC#Cc3ccccc3)CCC2)CCCCC12OCCO2. The zero-order valence-corrected chi connectivity index (χ0v) is 18.1. The van der Waals surface area contributed by atoms with Crippen molar-refractivity contribution < 1.29 is 14.6 Å². The number of hydrogen-bond donors (Lipinski definition) is 1. The van der Waals surface area contributed by atoms with Crippen LogP contribution in [0, 0.1) is 22.7 Å². The van der Waals surface area contributed by atoms with Crippen molar-refractivity contribution in [1.82, 2.24) is 0 Å². The predicted molar refractivity (Wildman–Crippen MR) is 120 cm³/mol. The summed E-state index contributed by atoms with van der Waals surface area (Å²) in [5.74, 6) is 6.09. The minimum atomic E-state index is -0.465. The van der Waals surface area contributed by atoms with Gasteiger partial charge in [-0.25, -0.2) is 0 Å². The summed E-state index contributed by atoms with van der Waals surface area (Å²) < 4.78 is 12.1. The summed E-state index contributed by atoms with van der Waals surface area (Å²) in [7, 11) is 0. The topological polar surface area (TPSA) is 38.7 Å². The van der Waals surface area contributed by atoms with Crippen LogP contribution in [-0.2, 0) is 9.47 Å². The first kappa shape index (κ1) is 21.4. The summed E-state index contributed by atoms with van der Waals surface area (Å²) >= 11 is 0. The fraction of sp³-hybridized carbons (Fsp3) is 0.556. The molecule has 1 aromatic rings. The molecule has 3 nitrogen and oxygen atoms in total. The molecular weight excluding hydrogens is 372 g/mol. The first-order valence-corrected chi connectivity index (χ1v) is 11.4. The fourth-order valence-electron chi connectivity index (χ4n) is 5.16. The van der Waals surface area contributed by atoms with Gasteiger partial charge in [-0.1, -0.05) is 74.1 Å². The Bertz CT molecular complexity index is 819. The van der Waals surface area contributed by atoms with Gasteiger partial charge in [0.05, 0.1) is 19.3 Å². The second-order valence-electron chi connectivity index (χ2n) is 9.32. The van der Waals surface area contributed by atoms with E-state index in [0.29, 0.717) is 13.2 Å². The van der Waals surface area contributed by atoms with E-state index >= 15 is 0 Å². The molecule has 0 bridgehead atoms. The highest BCUT2D eigenvalue weighted by atomic mass is 16.7. The highest BCUT2D eigenvalue weighted by Crippen LogP contribution is 2.50. The third-order valence-electron chi connectivity index (χ3n) is 7.37. The molecule has 0 radical (unpaired) electrons. The van der Waals surface area contributed by atoms with Crippen LogP contribution in [0.5, 0.6) is 0 Å². The molecule has 3 aliphatic rings. The van der Waals surface area contributed by atoms with Crippen LogP contribution in [-0.4, -0.2) is 30.2 Å². The van der Waals surface area contributed by atoms with Crippen molar-refractivity contribution in [2.75, 3.05) is 13.2 Å². The van der Waals surface area contributed by atoms with Crippen LogP contribution in [0.4, 0.5) is 0 Å². The van der Waals surface area contributed by atoms with Crippen molar-refractivity contribution in [1.29, 1.82) is 0 Å². The lowest BCUT2D eigenvalue weighted by Gasteiger charge is -2.46. The van der Waals surface area contributed by atoms with Crippen LogP contribution in [0.1, 0.15) is 63.9 Å². The Kier molecular flexibility index (Phi) is 6.48. The number of aliphatic hydroxyl groups excluding tert-OH is 1. The average Bonchev–Trinajstić information content (AvgIpc) is 3.21. The monoisotopic (exact) mass is 406 g/mol. The number of allylic oxidation sites excluding steroid dienone is 2. The first-order valence-electron chi connectivity index (χ1n) is 11.4. The van der Waals surface area contributed by atoms with Gasteiger partial charge < -0.3 is 14.6 Å². The summed E-state index contributed by atoms with van der Waals surface area (Å²) in [5.41, 5.74) is 0.817. The number of rotatable bonds is 5. The molecule has 30 heavy (non-hydrogen) atoms. The van der Waals surface area contributed by atoms with Crippen LogP contribution in [0.2, 0.25) is 0 Å². The molecule has 1 N–H and O–H groups in total. The Balaban J connectivity index is 1.38. The van der Waals surface area contributed by atoms with E-state index in [1.807, 2.05) is 42.5 Å². The van der Waals surface area contributed by atoms with E-state index in [9.17, 15) is 5.11 Å². The van der Waals surface area contributed by atoms with Crippen molar-refractivity contribution in [3.05, 3.63) is 60.2 Å². The third-order valence-corrected chi connectivity index (χ3v) is 7.37. The lowest BCUT2D eigenvalue weighted by Crippen LogP contribution is -2.48. The van der Waals surface area contributed by atoms with Crippen LogP contribution >= 0.6 is 0 Å². The minimum Gasteiger partial charge on any atom is -0.388 e. The van der Waals surface area contributed by atoms with E-state index in [1.54, 1.807) is 0 Å². The van der Waals surface area contributed by atoms with Gasteiger partial charge in [0.15, 0.2) is 5.79 Å². The summed E-state index contributed by atoms with van der Waals surface area (Å²) in [4.78, 5) is 0. The van der Waals surface area contributed by atoms with Gasteiger partial charge in [0.25, 0.3) is 0 Å². The highest BCUT2D eigenvalue weighted by molar-refractivity contribution is 5.34. The minimum absolute atomic E-state index is 0.0975. The Morgan fingerprint density at radius 1 is 1.00 bits per heavy atom. The standard InChI is InChI=1S/C27H34O3/c1-25(16-7-8-20-27(25)29-21-22-30-27)15-6-5-14-24(28)26(18-10-19-26)17-9-13-23-11-3-2-4-12-23/h2-6,11-12,14-15,24,28H,7-8,10,16-22H2,1H3/b14-5+,15-6+/t24?,25-/m1/s1. The van der Waals surface area contributed by atoms with Gasteiger partial charge in [-0.3, -0.25) is 0 Å².